The van der Waals surface area contributed by atoms with Crippen molar-refractivity contribution in [1.82, 2.24) is 15.0 Å². The number of aromatic nitrogens is 3. The molecule has 0 bridgehead atoms. The molecular formula is C20H15BrF2N4O2. The number of carboxylic acids is 1. The number of benzene rings is 1. The van der Waals surface area contributed by atoms with E-state index in [1.165, 1.54) is 6.08 Å². The molecule has 9 heteroatoms. The Morgan fingerprint density at radius 3 is 2.66 bits per heavy atom. The number of piperidine rings is 1. The van der Waals surface area contributed by atoms with Crippen LogP contribution in [-0.2, 0) is 4.79 Å². The second-order valence-corrected chi connectivity index (χ2v) is 7.49. The summed E-state index contributed by atoms with van der Waals surface area (Å²) < 4.78 is 28.5. The van der Waals surface area contributed by atoms with Gasteiger partial charge in [-0.3, -0.25) is 4.98 Å². The van der Waals surface area contributed by atoms with Crippen LogP contribution in [0.3, 0.4) is 0 Å². The van der Waals surface area contributed by atoms with Gasteiger partial charge in [0.2, 0.25) is 0 Å². The van der Waals surface area contributed by atoms with Crippen LogP contribution in [0, 0.1) is 11.6 Å². The van der Waals surface area contributed by atoms with E-state index >= 15 is 0 Å². The summed E-state index contributed by atoms with van der Waals surface area (Å²) in [5.41, 5.74) is 1.38. The average molecular weight is 461 g/mol. The Bertz CT molecular complexity index is 1140. The van der Waals surface area contributed by atoms with Crippen molar-refractivity contribution in [1.29, 1.82) is 0 Å². The average Bonchev–Trinajstić information content (AvgIpc) is 2.70. The van der Waals surface area contributed by atoms with Crippen LogP contribution < -0.4 is 4.90 Å². The van der Waals surface area contributed by atoms with Crippen molar-refractivity contribution < 1.29 is 18.7 Å². The van der Waals surface area contributed by atoms with Crippen LogP contribution in [0.25, 0.3) is 22.3 Å². The predicted molar refractivity (Wildman–Crippen MR) is 108 cm³/mol. The van der Waals surface area contributed by atoms with Gasteiger partial charge in [0.1, 0.15) is 17.5 Å². The van der Waals surface area contributed by atoms with Crippen LogP contribution in [0.5, 0.6) is 0 Å². The lowest BCUT2D eigenvalue weighted by Crippen LogP contribution is -2.32. The summed E-state index contributed by atoms with van der Waals surface area (Å²) in [5.74, 6) is -1.56. The Morgan fingerprint density at radius 1 is 1.17 bits per heavy atom. The number of carboxylic acid groups (broad SMARTS) is 1. The fourth-order valence-electron chi connectivity index (χ4n) is 3.34. The number of pyridine rings is 1. The molecule has 0 radical (unpaired) electrons. The third kappa shape index (κ3) is 3.95. The molecule has 2 aromatic heterocycles. The first-order valence-electron chi connectivity index (χ1n) is 8.86. The Kier molecular flexibility index (Phi) is 5.23. The lowest BCUT2D eigenvalue weighted by molar-refractivity contribution is -0.131. The molecule has 1 N–H and O–H groups in total. The molecule has 0 saturated carbocycles. The number of carbonyl (C=O) groups is 1. The van der Waals surface area contributed by atoms with Gasteiger partial charge in [-0.1, -0.05) is 5.57 Å². The normalized spacial score (nSPS) is 14.3. The van der Waals surface area contributed by atoms with E-state index in [0.29, 0.717) is 42.7 Å². The topological polar surface area (TPSA) is 79.2 Å². The van der Waals surface area contributed by atoms with E-state index in [0.717, 1.165) is 17.7 Å². The predicted octanol–water partition coefficient (Wildman–Crippen LogP) is 4.34. The summed E-state index contributed by atoms with van der Waals surface area (Å²) >= 11 is 2.97. The van der Waals surface area contributed by atoms with Gasteiger partial charge in [-0.05, 0) is 47.0 Å². The zero-order chi connectivity index (χ0) is 20.5. The van der Waals surface area contributed by atoms with Crippen molar-refractivity contribution in [2.75, 3.05) is 18.0 Å². The van der Waals surface area contributed by atoms with E-state index in [9.17, 15) is 13.6 Å². The van der Waals surface area contributed by atoms with Crippen molar-refractivity contribution in [3.05, 3.63) is 58.3 Å². The van der Waals surface area contributed by atoms with E-state index in [4.69, 9.17) is 5.11 Å². The number of rotatable bonds is 3. The number of halogens is 3. The van der Waals surface area contributed by atoms with Gasteiger partial charge in [0.05, 0.1) is 20.9 Å². The number of aliphatic carboxylic acids is 1. The molecule has 6 nitrogen and oxygen atoms in total. The second-order valence-electron chi connectivity index (χ2n) is 6.64. The maximum absolute atomic E-state index is 14.5. The molecule has 0 aliphatic carbocycles. The minimum absolute atomic E-state index is 0.0257. The molecule has 4 rings (SSSR count). The van der Waals surface area contributed by atoms with Crippen molar-refractivity contribution in [2.45, 2.75) is 12.8 Å². The highest BCUT2D eigenvalue weighted by Gasteiger charge is 2.21. The molecule has 3 heterocycles. The van der Waals surface area contributed by atoms with Crippen molar-refractivity contribution >= 4 is 38.6 Å². The summed E-state index contributed by atoms with van der Waals surface area (Å²) in [6, 6.07) is 3.81. The largest absolute Gasteiger partial charge is 0.478 e. The van der Waals surface area contributed by atoms with E-state index in [1.54, 1.807) is 18.5 Å². The first-order chi connectivity index (χ1) is 13.9. The van der Waals surface area contributed by atoms with Crippen molar-refractivity contribution in [3.8, 4) is 11.4 Å². The van der Waals surface area contributed by atoms with Gasteiger partial charge in [-0.15, -0.1) is 0 Å². The van der Waals surface area contributed by atoms with Crippen LogP contribution in [0.4, 0.5) is 14.6 Å². The smallest absolute Gasteiger partial charge is 0.328 e. The molecule has 29 heavy (non-hydrogen) atoms. The highest BCUT2D eigenvalue weighted by atomic mass is 79.9. The Balaban J connectivity index is 1.79. The Morgan fingerprint density at radius 2 is 1.93 bits per heavy atom. The highest BCUT2D eigenvalue weighted by molar-refractivity contribution is 9.10. The SMILES string of the molecule is O=C(O)C=C1CCN(c2nc(-c3cc(F)c(Br)cc3F)nc3ccncc23)CC1. The minimum Gasteiger partial charge on any atom is -0.478 e. The van der Waals surface area contributed by atoms with E-state index < -0.39 is 17.6 Å². The summed E-state index contributed by atoms with van der Waals surface area (Å²) in [5, 5.41) is 9.63. The maximum Gasteiger partial charge on any atom is 0.328 e. The van der Waals surface area contributed by atoms with Gasteiger partial charge in [0, 0.05) is 31.6 Å². The van der Waals surface area contributed by atoms with E-state index in [1.807, 2.05) is 4.90 Å². The fraction of sp³-hybridized carbons (Fsp3) is 0.200. The molecule has 1 aliphatic heterocycles. The zero-order valence-corrected chi connectivity index (χ0v) is 16.7. The van der Waals surface area contributed by atoms with Crippen LogP contribution in [0.15, 0.2) is 46.7 Å². The molecule has 0 spiro atoms. The molecule has 1 aromatic carbocycles. The lowest BCUT2D eigenvalue weighted by atomic mass is 10.0. The first-order valence-corrected chi connectivity index (χ1v) is 9.65. The molecule has 0 atom stereocenters. The molecule has 1 fully saturated rings. The number of hydrogen-bond donors (Lipinski definition) is 1. The number of fused-ring (bicyclic) bond motifs is 1. The van der Waals surface area contributed by atoms with Crippen LogP contribution in [0.2, 0.25) is 0 Å². The highest BCUT2D eigenvalue weighted by Crippen LogP contribution is 2.32. The third-order valence-electron chi connectivity index (χ3n) is 4.76. The standard InChI is InChI=1S/C20H15BrF2N4O2/c21-14-9-15(22)12(8-16(14)23)19-25-17-1-4-24-10-13(17)20(26-19)27-5-2-11(3-6-27)7-18(28)29/h1,4,7-10H,2-3,5-6H2,(H,28,29). The Hall–Kier alpha value is -2.94. The number of anilines is 1. The van der Waals surface area contributed by atoms with E-state index in [2.05, 4.69) is 30.9 Å². The van der Waals surface area contributed by atoms with Gasteiger partial charge >= 0.3 is 5.97 Å². The van der Waals surface area contributed by atoms with E-state index in [-0.39, 0.29) is 15.9 Å². The molecule has 0 unspecified atom stereocenters. The maximum atomic E-state index is 14.5. The third-order valence-corrected chi connectivity index (χ3v) is 5.37. The van der Waals surface area contributed by atoms with Gasteiger partial charge in [-0.25, -0.2) is 23.5 Å². The second kappa shape index (κ2) is 7.82. The Labute approximate surface area is 173 Å². The van der Waals surface area contributed by atoms with Gasteiger partial charge in [0.25, 0.3) is 0 Å². The first kappa shape index (κ1) is 19.4. The van der Waals surface area contributed by atoms with Crippen molar-refractivity contribution in [3.63, 3.8) is 0 Å². The summed E-state index contributed by atoms with van der Waals surface area (Å²) in [6.45, 7) is 1.10. The monoisotopic (exact) mass is 460 g/mol. The summed E-state index contributed by atoms with van der Waals surface area (Å²) in [4.78, 5) is 25.9. The lowest BCUT2D eigenvalue weighted by Gasteiger charge is -2.30. The quantitative estimate of drug-likeness (QED) is 0.462. The molecule has 148 valence electrons. The molecule has 3 aromatic rings. The van der Waals surface area contributed by atoms with Gasteiger partial charge in [0.15, 0.2) is 5.82 Å². The van der Waals surface area contributed by atoms with Crippen LogP contribution >= 0.6 is 15.9 Å². The molecule has 1 aliphatic rings. The summed E-state index contributed by atoms with van der Waals surface area (Å²) in [7, 11) is 0. The van der Waals surface area contributed by atoms with Crippen LogP contribution in [-0.4, -0.2) is 39.1 Å². The van der Waals surface area contributed by atoms with Gasteiger partial charge in [-0.2, -0.15) is 0 Å². The molecular weight excluding hydrogens is 446 g/mol. The van der Waals surface area contributed by atoms with Crippen LogP contribution in [0.1, 0.15) is 12.8 Å². The number of hydrogen-bond acceptors (Lipinski definition) is 5. The summed E-state index contributed by atoms with van der Waals surface area (Å²) in [6.07, 6.45) is 5.60. The fourth-order valence-corrected chi connectivity index (χ4v) is 3.65. The minimum atomic E-state index is -0.958. The number of nitrogens with zero attached hydrogens (tertiary/aromatic N) is 4. The zero-order valence-electron chi connectivity index (χ0n) is 15.1. The van der Waals surface area contributed by atoms with Crippen molar-refractivity contribution in [2.24, 2.45) is 0 Å². The van der Waals surface area contributed by atoms with Gasteiger partial charge < -0.3 is 10.0 Å². The molecule has 0 amide bonds. The molecule has 1 saturated heterocycles.